The monoisotopic (exact) mass is 322 g/mol. The second kappa shape index (κ2) is 7.17. The Bertz CT molecular complexity index is 581. The van der Waals surface area contributed by atoms with Crippen molar-refractivity contribution in [2.45, 2.75) is 33.2 Å². The van der Waals surface area contributed by atoms with Crippen LogP contribution < -0.4 is 0 Å². The third-order valence-corrected chi connectivity index (χ3v) is 4.66. The highest BCUT2D eigenvalue weighted by Gasteiger charge is 2.28. The van der Waals surface area contributed by atoms with Gasteiger partial charge < -0.3 is 14.1 Å². The lowest BCUT2D eigenvalue weighted by atomic mass is 10.1. The second-order valence-electron chi connectivity index (χ2n) is 6.39. The summed E-state index contributed by atoms with van der Waals surface area (Å²) in [4.78, 5) is 27.2. The van der Waals surface area contributed by atoms with Crippen molar-refractivity contribution < 1.29 is 18.7 Å². The Morgan fingerprint density at radius 2 is 2.22 bits per heavy atom. The number of hydrogen-bond donors (Lipinski definition) is 0. The predicted octanol–water partition coefficient (Wildman–Crippen LogP) is 2.24. The number of likely N-dealkylation sites (tertiary alicyclic amines) is 1. The largest absolute Gasteiger partial charge is 0.463 e. The fourth-order valence-electron chi connectivity index (χ4n) is 3.06. The van der Waals surface area contributed by atoms with Crippen LogP contribution in [0.3, 0.4) is 0 Å². The van der Waals surface area contributed by atoms with E-state index in [1.54, 1.807) is 6.92 Å². The maximum atomic E-state index is 11.7. The SMILES string of the molecule is COC(=O)c1oc([C@H](C)N(C)C[C@@H]2CCN(C(C)=O)C2)cc1C. The lowest BCUT2D eigenvalue weighted by molar-refractivity contribution is -0.127. The van der Waals surface area contributed by atoms with Crippen molar-refractivity contribution in [1.82, 2.24) is 9.80 Å². The van der Waals surface area contributed by atoms with Crippen molar-refractivity contribution >= 4 is 11.9 Å². The highest BCUT2D eigenvalue weighted by atomic mass is 16.5. The Hall–Kier alpha value is -1.82. The molecule has 23 heavy (non-hydrogen) atoms. The van der Waals surface area contributed by atoms with Gasteiger partial charge in [0.2, 0.25) is 11.7 Å². The molecular weight excluding hydrogens is 296 g/mol. The number of rotatable bonds is 5. The van der Waals surface area contributed by atoms with Gasteiger partial charge in [0.15, 0.2) is 0 Å². The third kappa shape index (κ3) is 3.93. The van der Waals surface area contributed by atoms with Gasteiger partial charge in [-0.1, -0.05) is 0 Å². The quantitative estimate of drug-likeness (QED) is 0.778. The fraction of sp³-hybridized carbons (Fsp3) is 0.647. The number of ether oxygens (including phenoxy) is 1. The molecule has 128 valence electrons. The van der Waals surface area contributed by atoms with Crippen LogP contribution in [0.15, 0.2) is 10.5 Å². The van der Waals surface area contributed by atoms with Crippen LogP contribution in [0.5, 0.6) is 0 Å². The van der Waals surface area contributed by atoms with Gasteiger partial charge in [-0.25, -0.2) is 4.79 Å². The van der Waals surface area contributed by atoms with Gasteiger partial charge in [-0.05, 0) is 39.3 Å². The van der Waals surface area contributed by atoms with Crippen molar-refractivity contribution in [1.29, 1.82) is 0 Å². The van der Waals surface area contributed by atoms with E-state index in [0.717, 1.165) is 37.4 Å². The number of amides is 1. The molecule has 0 aromatic carbocycles. The van der Waals surface area contributed by atoms with E-state index >= 15 is 0 Å². The molecule has 0 bridgehead atoms. The average Bonchev–Trinajstić information content (AvgIpc) is 3.12. The first-order chi connectivity index (χ1) is 10.8. The van der Waals surface area contributed by atoms with Crippen LogP contribution in [0, 0.1) is 12.8 Å². The standard InChI is InChI=1S/C17H26N2O4/c1-11-8-15(23-16(11)17(21)22-5)12(2)18(4)9-14-6-7-19(10-14)13(3)20/h8,12,14H,6-7,9-10H2,1-5H3/t12-,14-/m0/s1. The number of hydrogen-bond acceptors (Lipinski definition) is 5. The molecule has 0 spiro atoms. The molecule has 6 nitrogen and oxygen atoms in total. The highest BCUT2D eigenvalue weighted by Crippen LogP contribution is 2.27. The summed E-state index contributed by atoms with van der Waals surface area (Å²) in [6.07, 6.45) is 1.03. The third-order valence-electron chi connectivity index (χ3n) is 4.66. The predicted molar refractivity (Wildman–Crippen MR) is 86.2 cm³/mol. The minimum absolute atomic E-state index is 0.0542. The number of esters is 1. The summed E-state index contributed by atoms with van der Waals surface area (Å²) in [7, 11) is 3.39. The molecule has 1 aliphatic rings. The van der Waals surface area contributed by atoms with Crippen molar-refractivity contribution in [2.24, 2.45) is 5.92 Å². The van der Waals surface area contributed by atoms with E-state index in [1.807, 2.05) is 24.9 Å². The molecule has 1 amide bonds. The highest BCUT2D eigenvalue weighted by molar-refractivity contribution is 5.87. The van der Waals surface area contributed by atoms with Gasteiger partial charge in [-0.3, -0.25) is 9.69 Å². The first-order valence-electron chi connectivity index (χ1n) is 7.97. The molecule has 0 saturated carbocycles. The molecule has 0 radical (unpaired) electrons. The van der Waals surface area contributed by atoms with E-state index in [1.165, 1.54) is 7.11 Å². The Morgan fingerprint density at radius 3 is 2.78 bits per heavy atom. The molecule has 1 saturated heterocycles. The minimum atomic E-state index is -0.448. The van der Waals surface area contributed by atoms with Crippen LogP contribution in [0.2, 0.25) is 0 Å². The van der Waals surface area contributed by atoms with Crippen molar-refractivity contribution in [3.05, 3.63) is 23.2 Å². The van der Waals surface area contributed by atoms with E-state index in [9.17, 15) is 9.59 Å². The zero-order chi connectivity index (χ0) is 17.1. The van der Waals surface area contributed by atoms with Crippen LogP contribution in [-0.4, -0.2) is 55.5 Å². The normalized spacial score (nSPS) is 19.2. The topological polar surface area (TPSA) is 63.0 Å². The Balaban J connectivity index is 1.99. The number of carbonyl (C=O) groups excluding carboxylic acids is 2. The molecular formula is C17H26N2O4. The summed E-state index contributed by atoms with van der Waals surface area (Å²) in [5.41, 5.74) is 0.788. The molecule has 1 aliphatic heterocycles. The van der Waals surface area contributed by atoms with Crippen LogP contribution >= 0.6 is 0 Å². The molecule has 0 aliphatic carbocycles. The van der Waals surface area contributed by atoms with E-state index in [4.69, 9.17) is 9.15 Å². The zero-order valence-corrected chi connectivity index (χ0v) is 14.6. The zero-order valence-electron chi connectivity index (χ0n) is 14.6. The number of aryl methyl sites for hydroxylation is 1. The van der Waals surface area contributed by atoms with Gasteiger partial charge in [0.1, 0.15) is 5.76 Å². The van der Waals surface area contributed by atoms with Gasteiger partial charge in [0.25, 0.3) is 0 Å². The van der Waals surface area contributed by atoms with Gasteiger partial charge in [-0.15, -0.1) is 0 Å². The van der Waals surface area contributed by atoms with Gasteiger partial charge in [-0.2, -0.15) is 0 Å². The summed E-state index contributed by atoms with van der Waals surface area (Å²) in [6, 6.07) is 1.95. The number of nitrogens with zero attached hydrogens (tertiary/aromatic N) is 2. The molecule has 0 N–H and O–H groups in total. The molecule has 1 fully saturated rings. The molecule has 1 aromatic rings. The van der Waals surface area contributed by atoms with Crippen molar-refractivity contribution in [2.75, 3.05) is 33.8 Å². The van der Waals surface area contributed by atoms with Crippen LogP contribution in [-0.2, 0) is 9.53 Å². The number of methoxy groups -OCH3 is 1. The summed E-state index contributed by atoms with van der Waals surface area (Å²) >= 11 is 0. The lowest BCUT2D eigenvalue weighted by Gasteiger charge is -2.26. The molecule has 2 heterocycles. The van der Waals surface area contributed by atoms with Crippen LogP contribution in [0.25, 0.3) is 0 Å². The fourth-order valence-corrected chi connectivity index (χ4v) is 3.06. The first kappa shape index (κ1) is 17.5. The summed E-state index contributed by atoms with van der Waals surface area (Å²) in [6.45, 7) is 8.06. The number of carbonyl (C=O) groups is 2. The molecule has 2 atom stereocenters. The Kier molecular flexibility index (Phi) is 5.46. The molecule has 1 aromatic heterocycles. The summed E-state index contributed by atoms with van der Waals surface area (Å²) in [5, 5.41) is 0. The van der Waals surface area contributed by atoms with Gasteiger partial charge in [0.05, 0.1) is 13.2 Å². The summed E-state index contributed by atoms with van der Waals surface area (Å²) < 4.78 is 10.4. The van der Waals surface area contributed by atoms with Crippen LogP contribution in [0.1, 0.15) is 48.2 Å². The van der Waals surface area contributed by atoms with E-state index in [2.05, 4.69) is 11.8 Å². The summed E-state index contributed by atoms with van der Waals surface area (Å²) in [5.74, 6) is 1.20. The molecule has 0 unspecified atom stereocenters. The Morgan fingerprint density at radius 1 is 1.52 bits per heavy atom. The van der Waals surface area contributed by atoms with Gasteiger partial charge >= 0.3 is 5.97 Å². The average molecular weight is 322 g/mol. The van der Waals surface area contributed by atoms with Crippen LogP contribution in [0.4, 0.5) is 0 Å². The van der Waals surface area contributed by atoms with E-state index in [0.29, 0.717) is 5.92 Å². The molecule has 6 heteroatoms. The maximum Gasteiger partial charge on any atom is 0.374 e. The van der Waals surface area contributed by atoms with Crippen molar-refractivity contribution in [3.63, 3.8) is 0 Å². The van der Waals surface area contributed by atoms with Gasteiger partial charge in [0, 0.05) is 32.1 Å². The number of furan rings is 1. The first-order valence-corrected chi connectivity index (χ1v) is 7.97. The Labute approximate surface area is 137 Å². The minimum Gasteiger partial charge on any atom is -0.463 e. The van der Waals surface area contributed by atoms with E-state index in [-0.39, 0.29) is 17.7 Å². The lowest BCUT2D eigenvalue weighted by Crippen LogP contribution is -2.31. The molecule has 2 rings (SSSR count). The smallest absolute Gasteiger partial charge is 0.374 e. The maximum absolute atomic E-state index is 11.7. The van der Waals surface area contributed by atoms with Crippen molar-refractivity contribution in [3.8, 4) is 0 Å². The second-order valence-corrected chi connectivity index (χ2v) is 6.39. The van der Waals surface area contributed by atoms with E-state index < -0.39 is 5.97 Å².